The van der Waals surface area contributed by atoms with Gasteiger partial charge < -0.3 is 0 Å². The van der Waals surface area contributed by atoms with Crippen LogP contribution in [-0.2, 0) is 12.0 Å². The van der Waals surface area contributed by atoms with Gasteiger partial charge in [-0.3, -0.25) is 4.90 Å². The fourth-order valence-electron chi connectivity index (χ4n) is 3.50. The summed E-state index contributed by atoms with van der Waals surface area (Å²) in [6.07, 6.45) is 2.56. The third-order valence-electron chi connectivity index (χ3n) is 4.99. The molecule has 0 radical (unpaired) electrons. The van der Waals surface area contributed by atoms with Crippen LogP contribution in [0.5, 0.6) is 0 Å². The molecular weight excluding hydrogens is 254 g/mol. The SMILES string of the molecule is CC1CCC(C)(c2ccccc2)CN1Cc1ccccc1. The summed E-state index contributed by atoms with van der Waals surface area (Å²) in [5.41, 5.74) is 3.18. The van der Waals surface area contributed by atoms with Crippen molar-refractivity contribution >= 4 is 0 Å². The first-order valence-corrected chi connectivity index (χ1v) is 8.01. The van der Waals surface area contributed by atoms with Crippen LogP contribution >= 0.6 is 0 Å². The molecule has 0 aromatic heterocycles. The Kier molecular flexibility index (Phi) is 4.12. The average Bonchev–Trinajstić information content (AvgIpc) is 2.53. The highest BCUT2D eigenvalue weighted by Gasteiger charge is 2.35. The third-order valence-corrected chi connectivity index (χ3v) is 4.99. The maximum atomic E-state index is 2.64. The Balaban J connectivity index is 1.78. The Morgan fingerprint density at radius 1 is 1.00 bits per heavy atom. The highest BCUT2D eigenvalue weighted by molar-refractivity contribution is 5.26. The first kappa shape index (κ1) is 14.3. The molecule has 2 aromatic rings. The lowest BCUT2D eigenvalue weighted by atomic mass is 9.74. The van der Waals surface area contributed by atoms with Gasteiger partial charge in [0, 0.05) is 24.5 Å². The molecule has 1 aliphatic rings. The summed E-state index contributed by atoms with van der Waals surface area (Å²) >= 11 is 0. The number of nitrogens with zero attached hydrogens (tertiary/aromatic N) is 1. The Bertz CT molecular complexity index is 563. The van der Waals surface area contributed by atoms with Gasteiger partial charge in [0.25, 0.3) is 0 Å². The lowest BCUT2D eigenvalue weighted by molar-refractivity contribution is 0.0963. The molecule has 0 spiro atoms. The summed E-state index contributed by atoms with van der Waals surface area (Å²) < 4.78 is 0. The smallest absolute Gasteiger partial charge is 0.0236 e. The lowest BCUT2D eigenvalue weighted by Crippen LogP contribution is -2.48. The summed E-state index contributed by atoms with van der Waals surface area (Å²) in [6.45, 7) is 7.00. The van der Waals surface area contributed by atoms with Crippen molar-refractivity contribution in [3.63, 3.8) is 0 Å². The number of hydrogen-bond donors (Lipinski definition) is 0. The molecule has 3 rings (SSSR count). The van der Waals surface area contributed by atoms with Crippen LogP contribution in [0.3, 0.4) is 0 Å². The van der Waals surface area contributed by atoms with Crippen LogP contribution in [0.25, 0.3) is 0 Å². The zero-order valence-electron chi connectivity index (χ0n) is 13.1. The Morgan fingerprint density at radius 2 is 1.62 bits per heavy atom. The van der Waals surface area contributed by atoms with E-state index in [2.05, 4.69) is 79.4 Å². The fourth-order valence-corrected chi connectivity index (χ4v) is 3.50. The second-order valence-corrected chi connectivity index (χ2v) is 6.70. The summed E-state index contributed by atoms with van der Waals surface area (Å²) in [7, 11) is 0. The first-order chi connectivity index (χ1) is 10.2. The predicted octanol–water partition coefficient (Wildman–Crippen LogP) is 4.63. The molecule has 1 heteroatoms. The summed E-state index contributed by atoms with van der Waals surface area (Å²) in [5.74, 6) is 0. The molecule has 1 heterocycles. The van der Waals surface area contributed by atoms with Gasteiger partial charge >= 0.3 is 0 Å². The molecule has 0 amide bonds. The van der Waals surface area contributed by atoms with E-state index < -0.39 is 0 Å². The van der Waals surface area contributed by atoms with E-state index in [4.69, 9.17) is 0 Å². The summed E-state index contributed by atoms with van der Waals surface area (Å²) in [6, 6.07) is 22.5. The number of hydrogen-bond acceptors (Lipinski definition) is 1. The molecule has 2 unspecified atom stereocenters. The lowest BCUT2D eigenvalue weighted by Gasteiger charge is -2.44. The molecule has 1 fully saturated rings. The van der Waals surface area contributed by atoms with E-state index in [0.717, 1.165) is 13.1 Å². The molecule has 0 N–H and O–H groups in total. The monoisotopic (exact) mass is 279 g/mol. The zero-order chi connectivity index (χ0) is 14.7. The fraction of sp³-hybridized carbons (Fsp3) is 0.400. The molecule has 0 aliphatic carbocycles. The van der Waals surface area contributed by atoms with E-state index in [1.807, 2.05) is 0 Å². The van der Waals surface area contributed by atoms with Crippen molar-refractivity contribution in [2.24, 2.45) is 0 Å². The van der Waals surface area contributed by atoms with Crippen molar-refractivity contribution in [3.05, 3.63) is 71.8 Å². The number of benzene rings is 2. The van der Waals surface area contributed by atoms with Gasteiger partial charge in [-0.1, -0.05) is 67.6 Å². The van der Waals surface area contributed by atoms with Crippen LogP contribution in [0.2, 0.25) is 0 Å². The Hall–Kier alpha value is -1.60. The topological polar surface area (TPSA) is 3.24 Å². The van der Waals surface area contributed by atoms with Gasteiger partial charge in [0.15, 0.2) is 0 Å². The molecule has 2 aromatic carbocycles. The number of rotatable bonds is 3. The van der Waals surface area contributed by atoms with E-state index in [0.29, 0.717) is 6.04 Å². The minimum atomic E-state index is 0.280. The second kappa shape index (κ2) is 6.03. The second-order valence-electron chi connectivity index (χ2n) is 6.70. The molecule has 2 atom stereocenters. The average molecular weight is 279 g/mol. The molecular formula is C20H25N. The third kappa shape index (κ3) is 3.19. The predicted molar refractivity (Wildman–Crippen MR) is 89.3 cm³/mol. The quantitative estimate of drug-likeness (QED) is 0.792. The van der Waals surface area contributed by atoms with Crippen molar-refractivity contribution in [2.45, 2.75) is 44.7 Å². The van der Waals surface area contributed by atoms with Crippen LogP contribution < -0.4 is 0 Å². The van der Waals surface area contributed by atoms with Crippen LogP contribution in [0.1, 0.15) is 37.8 Å². The van der Waals surface area contributed by atoms with Gasteiger partial charge in [0.2, 0.25) is 0 Å². The minimum absolute atomic E-state index is 0.280. The van der Waals surface area contributed by atoms with Crippen LogP contribution in [0.15, 0.2) is 60.7 Å². The van der Waals surface area contributed by atoms with Gasteiger partial charge in [-0.25, -0.2) is 0 Å². The summed E-state index contributed by atoms with van der Waals surface area (Å²) in [5, 5.41) is 0. The van der Waals surface area contributed by atoms with Crippen molar-refractivity contribution in [2.75, 3.05) is 6.54 Å². The summed E-state index contributed by atoms with van der Waals surface area (Å²) in [4.78, 5) is 2.64. The van der Waals surface area contributed by atoms with Gasteiger partial charge in [0.05, 0.1) is 0 Å². The van der Waals surface area contributed by atoms with Gasteiger partial charge in [0.1, 0.15) is 0 Å². The van der Waals surface area contributed by atoms with Gasteiger partial charge in [-0.15, -0.1) is 0 Å². The van der Waals surface area contributed by atoms with Crippen molar-refractivity contribution in [3.8, 4) is 0 Å². The molecule has 1 nitrogen and oxygen atoms in total. The van der Waals surface area contributed by atoms with Crippen LogP contribution in [0, 0.1) is 0 Å². The maximum Gasteiger partial charge on any atom is 0.0236 e. The zero-order valence-corrected chi connectivity index (χ0v) is 13.1. The van der Waals surface area contributed by atoms with E-state index in [1.54, 1.807) is 0 Å². The molecule has 21 heavy (non-hydrogen) atoms. The van der Waals surface area contributed by atoms with E-state index in [1.165, 1.54) is 24.0 Å². The molecule has 110 valence electrons. The normalized spacial score (nSPS) is 26.7. The van der Waals surface area contributed by atoms with E-state index in [-0.39, 0.29) is 5.41 Å². The molecule has 1 saturated heterocycles. The van der Waals surface area contributed by atoms with Gasteiger partial charge in [-0.05, 0) is 30.9 Å². The molecule has 0 saturated carbocycles. The standard InChI is InChI=1S/C20H25N/c1-17-13-14-20(2,19-11-7-4-8-12-19)16-21(17)15-18-9-5-3-6-10-18/h3-12,17H,13-16H2,1-2H3. The highest BCUT2D eigenvalue weighted by atomic mass is 15.2. The van der Waals surface area contributed by atoms with Gasteiger partial charge in [-0.2, -0.15) is 0 Å². The van der Waals surface area contributed by atoms with E-state index in [9.17, 15) is 0 Å². The molecule has 0 bridgehead atoms. The minimum Gasteiger partial charge on any atom is -0.296 e. The van der Waals surface area contributed by atoms with Crippen LogP contribution in [0.4, 0.5) is 0 Å². The first-order valence-electron chi connectivity index (χ1n) is 8.01. The Morgan fingerprint density at radius 3 is 2.29 bits per heavy atom. The molecule has 1 aliphatic heterocycles. The van der Waals surface area contributed by atoms with Crippen molar-refractivity contribution < 1.29 is 0 Å². The van der Waals surface area contributed by atoms with Crippen LogP contribution in [-0.4, -0.2) is 17.5 Å². The van der Waals surface area contributed by atoms with Crippen molar-refractivity contribution in [1.29, 1.82) is 0 Å². The van der Waals surface area contributed by atoms with Crippen molar-refractivity contribution in [1.82, 2.24) is 4.90 Å². The largest absolute Gasteiger partial charge is 0.296 e. The number of likely N-dealkylation sites (tertiary alicyclic amines) is 1. The number of piperidine rings is 1. The maximum absolute atomic E-state index is 2.64. The van der Waals surface area contributed by atoms with E-state index >= 15 is 0 Å². The highest BCUT2D eigenvalue weighted by Crippen LogP contribution is 2.36. The Labute approximate surface area is 128 Å².